The van der Waals surface area contributed by atoms with Gasteiger partial charge in [-0.3, -0.25) is 14.9 Å². The molecular formula is C19H14ClN3O3. The van der Waals surface area contributed by atoms with E-state index >= 15 is 0 Å². The Morgan fingerprint density at radius 3 is 2.73 bits per heavy atom. The first-order chi connectivity index (χ1) is 12.5. The minimum Gasteiger partial charge on any atom is -0.273 e. The molecular weight excluding hydrogens is 354 g/mol. The highest BCUT2D eigenvalue weighted by atomic mass is 35.5. The van der Waals surface area contributed by atoms with Gasteiger partial charge in [-0.05, 0) is 22.4 Å². The van der Waals surface area contributed by atoms with Crippen LogP contribution in [0.25, 0.3) is 10.8 Å². The van der Waals surface area contributed by atoms with Gasteiger partial charge < -0.3 is 0 Å². The molecule has 0 unspecified atom stereocenters. The van der Waals surface area contributed by atoms with Crippen LogP contribution in [0.4, 0.5) is 5.69 Å². The second kappa shape index (κ2) is 7.76. The summed E-state index contributed by atoms with van der Waals surface area (Å²) in [5.74, 6) is -0.277. The van der Waals surface area contributed by atoms with Crippen molar-refractivity contribution in [2.75, 3.05) is 0 Å². The Bertz CT molecular complexity index is 1010. The van der Waals surface area contributed by atoms with E-state index in [0.717, 1.165) is 16.3 Å². The van der Waals surface area contributed by atoms with Gasteiger partial charge in [-0.15, -0.1) is 0 Å². The van der Waals surface area contributed by atoms with Gasteiger partial charge in [0.2, 0.25) is 5.91 Å². The van der Waals surface area contributed by atoms with Crippen LogP contribution in [-0.4, -0.2) is 17.0 Å². The molecule has 6 nitrogen and oxygen atoms in total. The summed E-state index contributed by atoms with van der Waals surface area (Å²) in [6.07, 6.45) is 1.52. The van der Waals surface area contributed by atoms with Crippen LogP contribution < -0.4 is 5.43 Å². The minimum absolute atomic E-state index is 0.0483. The Morgan fingerprint density at radius 1 is 1.15 bits per heavy atom. The van der Waals surface area contributed by atoms with Crippen molar-refractivity contribution in [1.82, 2.24) is 5.43 Å². The quantitative estimate of drug-likeness (QED) is 0.418. The summed E-state index contributed by atoms with van der Waals surface area (Å²) >= 11 is 5.76. The molecule has 0 spiro atoms. The van der Waals surface area contributed by atoms with Crippen molar-refractivity contribution in [2.45, 2.75) is 6.42 Å². The molecule has 3 rings (SSSR count). The van der Waals surface area contributed by atoms with Crippen LogP contribution in [0.2, 0.25) is 5.02 Å². The number of nitrogens with one attached hydrogen (secondary N) is 1. The fourth-order valence-corrected chi connectivity index (χ4v) is 2.77. The van der Waals surface area contributed by atoms with E-state index in [4.69, 9.17) is 11.6 Å². The molecule has 0 aliphatic rings. The highest BCUT2D eigenvalue weighted by Gasteiger charge is 2.12. The fourth-order valence-electron chi connectivity index (χ4n) is 2.59. The number of hydrazone groups is 1. The highest BCUT2D eigenvalue weighted by Crippen LogP contribution is 2.24. The summed E-state index contributed by atoms with van der Waals surface area (Å²) in [6.45, 7) is 0. The number of hydrogen-bond acceptors (Lipinski definition) is 4. The topological polar surface area (TPSA) is 84.6 Å². The van der Waals surface area contributed by atoms with Gasteiger partial charge in [0.15, 0.2) is 0 Å². The number of benzene rings is 3. The SMILES string of the molecule is O=C(Cc1cccc2ccccc12)NN=Cc1ccc(Cl)c([N+](=O)[O-])c1. The van der Waals surface area contributed by atoms with Crippen molar-refractivity contribution >= 4 is 40.2 Å². The predicted molar refractivity (Wildman–Crippen MR) is 101 cm³/mol. The van der Waals surface area contributed by atoms with Crippen molar-refractivity contribution in [3.8, 4) is 0 Å². The van der Waals surface area contributed by atoms with E-state index in [-0.39, 0.29) is 23.0 Å². The van der Waals surface area contributed by atoms with Gasteiger partial charge in [0.1, 0.15) is 5.02 Å². The zero-order valence-electron chi connectivity index (χ0n) is 13.6. The first kappa shape index (κ1) is 17.6. The zero-order valence-corrected chi connectivity index (χ0v) is 14.3. The molecule has 26 heavy (non-hydrogen) atoms. The van der Waals surface area contributed by atoms with Crippen LogP contribution in [0.1, 0.15) is 11.1 Å². The molecule has 0 aliphatic heterocycles. The van der Waals surface area contributed by atoms with Crippen LogP contribution in [0, 0.1) is 10.1 Å². The number of nitrogens with zero attached hydrogens (tertiary/aromatic N) is 2. The Labute approximate surface area is 154 Å². The van der Waals surface area contributed by atoms with Crippen LogP contribution in [0.3, 0.4) is 0 Å². The lowest BCUT2D eigenvalue weighted by Crippen LogP contribution is -2.19. The highest BCUT2D eigenvalue weighted by molar-refractivity contribution is 6.32. The molecule has 3 aromatic rings. The largest absolute Gasteiger partial charge is 0.288 e. The molecule has 0 heterocycles. The lowest BCUT2D eigenvalue weighted by atomic mass is 10.0. The second-order valence-electron chi connectivity index (χ2n) is 5.58. The average molecular weight is 368 g/mol. The summed E-state index contributed by atoms with van der Waals surface area (Å²) in [4.78, 5) is 22.4. The molecule has 7 heteroatoms. The summed E-state index contributed by atoms with van der Waals surface area (Å²) in [5, 5.41) is 16.9. The molecule has 1 N–H and O–H groups in total. The summed E-state index contributed by atoms with van der Waals surface area (Å²) in [7, 11) is 0. The van der Waals surface area contributed by atoms with Crippen LogP contribution in [0.5, 0.6) is 0 Å². The third kappa shape index (κ3) is 4.04. The van der Waals surface area contributed by atoms with Crippen molar-refractivity contribution in [2.24, 2.45) is 5.10 Å². The third-order valence-corrected chi connectivity index (χ3v) is 4.12. The maximum atomic E-state index is 12.1. The lowest BCUT2D eigenvalue weighted by molar-refractivity contribution is -0.384. The van der Waals surface area contributed by atoms with E-state index in [1.165, 1.54) is 18.3 Å². The van der Waals surface area contributed by atoms with Crippen molar-refractivity contribution < 1.29 is 9.72 Å². The first-order valence-electron chi connectivity index (χ1n) is 7.77. The van der Waals surface area contributed by atoms with Gasteiger partial charge in [-0.25, -0.2) is 5.43 Å². The van der Waals surface area contributed by atoms with Crippen molar-refractivity contribution in [3.63, 3.8) is 0 Å². The van der Waals surface area contributed by atoms with Crippen LogP contribution in [-0.2, 0) is 11.2 Å². The average Bonchev–Trinajstić information content (AvgIpc) is 2.63. The number of hydrogen-bond donors (Lipinski definition) is 1. The zero-order chi connectivity index (χ0) is 18.5. The van der Waals surface area contributed by atoms with E-state index in [2.05, 4.69) is 10.5 Å². The predicted octanol–water partition coefficient (Wildman–Crippen LogP) is 4.09. The molecule has 0 bridgehead atoms. The number of amides is 1. The lowest BCUT2D eigenvalue weighted by Gasteiger charge is -2.05. The number of nitro groups is 1. The Balaban J connectivity index is 1.68. The maximum absolute atomic E-state index is 12.1. The Hall–Kier alpha value is -3.25. The van der Waals surface area contributed by atoms with Gasteiger partial charge in [0, 0.05) is 11.6 Å². The number of carbonyl (C=O) groups excluding carboxylic acids is 1. The van der Waals surface area contributed by atoms with E-state index < -0.39 is 4.92 Å². The summed E-state index contributed by atoms with van der Waals surface area (Å²) in [5.41, 5.74) is 3.59. The van der Waals surface area contributed by atoms with E-state index in [1.54, 1.807) is 6.07 Å². The van der Waals surface area contributed by atoms with Crippen molar-refractivity contribution in [1.29, 1.82) is 0 Å². The van der Waals surface area contributed by atoms with E-state index in [9.17, 15) is 14.9 Å². The van der Waals surface area contributed by atoms with Crippen LogP contribution in [0.15, 0.2) is 65.8 Å². The molecule has 0 radical (unpaired) electrons. The second-order valence-corrected chi connectivity index (χ2v) is 5.98. The monoisotopic (exact) mass is 367 g/mol. The number of halogens is 1. The van der Waals surface area contributed by atoms with Crippen molar-refractivity contribution in [3.05, 3.63) is 86.9 Å². The molecule has 0 aromatic heterocycles. The molecule has 0 aliphatic carbocycles. The van der Waals surface area contributed by atoms with Gasteiger partial charge in [-0.1, -0.05) is 60.1 Å². The molecule has 130 valence electrons. The number of fused-ring (bicyclic) bond motifs is 1. The summed E-state index contributed by atoms with van der Waals surface area (Å²) in [6, 6.07) is 17.9. The Morgan fingerprint density at radius 2 is 1.92 bits per heavy atom. The molecule has 1 amide bonds. The van der Waals surface area contributed by atoms with Crippen LogP contribution >= 0.6 is 11.6 Å². The smallest absolute Gasteiger partial charge is 0.273 e. The number of carbonyl (C=O) groups is 1. The Kier molecular flexibility index (Phi) is 5.24. The third-order valence-electron chi connectivity index (χ3n) is 3.80. The molecule has 3 aromatic carbocycles. The standard InChI is InChI=1S/C19H14ClN3O3/c20-17-9-8-13(10-18(17)23(25)26)12-21-22-19(24)11-15-6-3-5-14-4-1-2-7-16(14)15/h1-10,12H,11H2,(H,22,24). The number of rotatable bonds is 5. The fraction of sp³-hybridized carbons (Fsp3) is 0.0526. The molecule has 0 saturated carbocycles. The van der Waals surface area contributed by atoms with Gasteiger partial charge in [0.05, 0.1) is 17.6 Å². The molecule has 0 fully saturated rings. The molecule has 0 atom stereocenters. The number of nitro benzene ring substituents is 1. The van der Waals surface area contributed by atoms with E-state index in [0.29, 0.717) is 5.56 Å². The van der Waals surface area contributed by atoms with Gasteiger partial charge in [-0.2, -0.15) is 5.10 Å². The minimum atomic E-state index is -0.571. The van der Waals surface area contributed by atoms with Gasteiger partial charge >= 0.3 is 0 Å². The summed E-state index contributed by atoms with van der Waals surface area (Å²) < 4.78 is 0. The maximum Gasteiger partial charge on any atom is 0.288 e. The van der Waals surface area contributed by atoms with E-state index in [1.807, 2.05) is 42.5 Å². The normalized spacial score (nSPS) is 11.0. The van der Waals surface area contributed by atoms with Gasteiger partial charge in [0.25, 0.3) is 5.69 Å². The molecule has 0 saturated heterocycles. The first-order valence-corrected chi connectivity index (χ1v) is 8.15.